The monoisotopic (exact) mass is 441 g/mol. The Balaban J connectivity index is 1.62. The lowest BCUT2D eigenvalue weighted by molar-refractivity contribution is -0.125. The predicted molar refractivity (Wildman–Crippen MR) is 127 cm³/mol. The molecule has 3 rings (SSSR count). The molecular weight excluding hydrogens is 410 g/mol. The topological polar surface area (TPSA) is 53.6 Å². The average Bonchev–Trinajstić information content (AvgIpc) is 3.16. The Morgan fingerprint density at radius 2 is 2.03 bits per heavy atom. The highest BCUT2D eigenvalue weighted by atomic mass is 35.5. The molecule has 1 heterocycles. The quantitative estimate of drug-likeness (QED) is 0.551. The number of hydrogen-bond acceptors (Lipinski definition) is 4. The van der Waals surface area contributed by atoms with E-state index in [1.165, 1.54) is 11.1 Å². The van der Waals surface area contributed by atoms with Crippen LogP contribution in [-0.4, -0.2) is 56.2 Å². The molecule has 1 fully saturated rings. The van der Waals surface area contributed by atoms with Crippen molar-refractivity contribution in [2.24, 2.45) is 0 Å². The highest BCUT2D eigenvalue weighted by Gasteiger charge is 2.36. The van der Waals surface area contributed by atoms with E-state index in [1.54, 1.807) is 7.11 Å². The SMILES string of the molecule is COCCNC(=O)[C@@H]1C[C@@H](NC/C(C)=C/c2ccccc2)CN1Cc1cccc(Cl)c1. The molecule has 2 N–H and O–H groups in total. The molecule has 31 heavy (non-hydrogen) atoms. The van der Waals surface area contributed by atoms with Gasteiger partial charge in [0.25, 0.3) is 0 Å². The highest BCUT2D eigenvalue weighted by Crippen LogP contribution is 2.22. The third kappa shape index (κ3) is 7.47. The zero-order chi connectivity index (χ0) is 22.1. The first-order valence-electron chi connectivity index (χ1n) is 10.8. The Morgan fingerprint density at radius 3 is 2.77 bits per heavy atom. The van der Waals surface area contributed by atoms with Crippen LogP contribution in [0.3, 0.4) is 0 Å². The van der Waals surface area contributed by atoms with Crippen molar-refractivity contribution in [3.63, 3.8) is 0 Å². The van der Waals surface area contributed by atoms with E-state index >= 15 is 0 Å². The summed E-state index contributed by atoms with van der Waals surface area (Å²) in [5.74, 6) is 0.0555. The number of carbonyl (C=O) groups is 1. The molecule has 5 nitrogen and oxygen atoms in total. The van der Waals surface area contributed by atoms with E-state index in [2.05, 4.69) is 46.7 Å². The van der Waals surface area contributed by atoms with Crippen LogP contribution in [0.15, 0.2) is 60.2 Å². The van der Waals surface area contributed by atoms with E-state index in [9.17, 15) is 4.79 Å². The van der Waals surface area contributed by atoms with Crippen LogP contribution < -0.4 is 10.6 Å². The standard InChI is InChI=1S/C25H32ClN3O2/c1-19(13-20-7-4-3-5-8-20)16-28-23-15-24(25(30)27-11-12-31-2)29(18-23)17-21-9-6-10-22(26)14-21/h3-10,13-14,23-24,28H,11-12,15-18H2,1-2H3,(H,27,30)/b19-13+/t23-,24+/m1/s1. The van der Waals surface area contributed by atoms with Gasteiger partial charge in [-0.15, -0.1) is 0 Å². The van der Waals surface area contributed by atoms with Crippen molar-refractivity contribution >= 4 is 23.6 Å². The molecule has 0 aromatic heterocycles. The van der Waals surface area contributed by atoms with E-state index in [0.29, 0.717) is 24.7 Å². The summed E-state index contributed by atoms with van der Waals surface area (Å²) in [6.45, 7) is 5.47. The summed E-state index contributed by atoms with van der Waals surface area (Å²) in [6.07, 6.45) is 2.97. The second-order valence-electron chi connectivity index (χ2n) is 8.07. The molecule has 2 atom stereocenters. The van der Waals surface area contributed by atoms with Gasteiger partial charge in [0.2, 0.25) is 5.91 Å². The molecule has 0 unspecified atom stereocenters. The Labute approximate surface area is 190 Å². The molecule has 0 saturated carbocycles. The third-order valence-electron chi connectivity index (χ3n) is 5.47. The minimum atomic E-state index is -0.174. The van der Waals surface area contributed by atoms with Crippen LogP contribution in [-0.2, 0) is 16.1 Å². The van der Waals surface area contributed by atoms with E-state index in [4.69, 9.17) is 16.3 Å². The molecule has 0 radical (unpaired) electrons. The lowest BCUT2D eigenvalue weighted by Gasteiger charge is -2.23. The normalized spacial score (nSPS) is 19.5. The van der Waals surface area contributed by atoms with Crippen LogP contribution in [0, 0.1) is 0 Å². The summed E-state index contributed by atoms with van der Waals surface area (Å²) < 4.78 is 5.06. The molecule has 1 aliphatic rings. The second-order valence-corrected chi connectivity index (χ2v) is 8.51. The van der Waals surface area contributed by atoms with Gasteiger partial charge in [-0.2, -0.15) is 0 Å². The van der Waals surface area contributed by atoms with Gasteiger partial charge in [0.05, 0.1) is 12.6 Å². The summed E-state index contributed by atoms with van der Waals surface area (Å²) in [4.78, 5) is 15.1. The minimum Gasteiger partial charge on any atom is -0.383 e. The van der Waals surface area contributed by atoms with E-state index < -0.39 is 0 Å². The van der Waals surface area contributed by atoms with E-state index in [0.717, 1.165) is 25.1 Å². The maximum absolute atomic E-state index is 12.8. The molecule has 0 spiro atoms. The van der Waals surface area contributed by atoms with Crippen molar-refractivity contribution in [1.29, 1.82) is 0 Å². The third-order valence-corrected chi connectivity index (χ3v) is 5.70. The maximum Gasteiger partial charge on any atom is 0.237 e. The molecule has 166 valence electrons. The largest absolute Gasteiger partial charge is 0.383 e. The molecular formula is C25H32ClN3O2. The number of carbonyl (C=O) groups excluding carboxylic acids is 1. The number of methoxy groups -OCH3 is 1. The van der Waals surface area contributed by atoms with Gasteiger partial charge >= 0.3 is 0 Å². The zero-order valence-corrected chi connectivity index (χ0v) is 19.1. The molecule has 0 aliphatic carbocycles. The van der Waals surface area contributed by atoms with Gasteiger partial charge in [-0.25, -0.2) is 0 Å². The Kier molecular flexibility index (Phi) is 9.10. The summed E-state index contributed by atoms with van der Waals surface area (Å²) in [7, 11) is 1.64. The van der Waals surface area contributed by atoms with Gasteiger partial charge in [0.15, 0.2) is 0 Å². The van der Waals surface area contributed by atoms with Crippen LogP contribution in [0.4, 0.5) is 0 Å². The van der Waals surface area contributed by atoms with Gasteiger partial charge in [-0.3, -0.25) is 9.69 Å². The predicted octanol–water partition coefficient (Wildman–Crippen LogP) is 3.74. The highest BCUT2D eigenvalue weighted by molar-refractivity contribution is 6.30. The first kappa shape index (κ1) is 23.5. The number of nitrogens with one attached hydrogen (secondary N) is 2. The molecule has 6 heteroatoms. The van der Waals surface area contributed by atoms with Gasteiger partial charge < -0.3 is 15.4 Å². The first-order valence-corrected chi connectivity index (χ1v) is 11.1. The number of nitrogens with zero attached hydrogens (tertiary/aromatic N) is 1. The Bertz CT molecular complexity index is 872. The zero-order valence-electron chi connectivity index (χ0n) is 18.3. The van der Waals surface area contributed by atoms with Crippen molar-refractivity contribution in [3.05, 3.63) is 76.3 Å². The molecule has 2 aromatic rings. The number of ether oxygens (including phenoxy) is 1. The molecule has 2 aromatic carbocycles. The molecule has 1 aliphatic heterocycles. The van der Waals surface area contributed by atoms with Gasteiger partial charge in [-0.05, 0) is 36.6 Å². The summed E-state index contributed by atoms with van der Waals surface area (Å²) in [6, 6.07) is 18.2. The van der Waals surface area contributed by atoms with E-state index in [-0.39, 0.29) is 18.0 Å². The maximum atomic E-state index is 12.8. The molecule has 1 amide bonds. The van der Waals surface area contributed by atoms with Gasteiger partial charge in [0.1, 0.15) is 0 Å². The van der Waals surface area contributed by atoms with Crippen LogP contribution in [0.25, 0.3) is 6.08 Å². The van der Waals surface area contributed by atoms with Gasteiger partial charge in [0, 0.05) is 44.4 Å². The van der Waals surface area contributed by atoms with Crippen LogP contribution in [0.2, 0.25) is 5.02 Å². The summed E-state index contributed by atoms with van der Waals surface area (Å²) in [5.41, 5.74) is 3.58. The summed E-state index contributed by atoms with van der Waals surface area (Å²) >= 11 is 6.16. The number of rotatable bonds is 10. The van der Waals surface area contributed by atoms with Crippen LogP contribution in [0.1, 0.15) is 24.5 Å². The van der Waals surface area contributed by atoms with Crippen molar-refractivity contribution in [1.82, 2.24) is 15.5 Å². The average molecular weight is 442 g/mol. The summed E-state index contributed by atoms with van der Waals surface area (Å²) in [5, 5.41) is 7.36. The number of halogens is 1. The Morgan fingerprint density at radius 1 is 1.23 bits per heavy atom. The van der Waals surface area contributed by atoms with Crippen LogP contribution >= 0.6 is 11.6 Å². The molecule has 0 bridgehead atoms. The molecule has 1 saturated heterocycles. The number of likely N-dealkylation sites (tertiary alicyclic amines) is 1. The minimum absolute atomic E-state index is 0.0555. The van der Waals surface area contributed by atoms with Crippen molar-refractivity contribution in [2.75, 3.05) is 33.4 Å². The lowest BCUT2D eigenvalue weighted by Crippen LogP contribution is -2.43. The second kappa shape index (κ2) is 12.0. The lowest BCUT2D eigenvalue weighted by atomic mass is 10.1. The first-order chi connectivity index (χ1) is 15.0. The number of hydrogen-bond donors (Lipinski definition) is 2. The van der Waals surface area contributed by atoms with Gasteiger partial charge in [-0.1, -0.05) is 65.7 Å². The fourth-order valence-electron chi connectivity index (χ4n) is 3.95. The van der Waals surface area contributed by atoms with Crippen molar-refractivity contribution in [2.45, 2.75) is 32.0 Å². The van der Waals surface area contributed by atoms with E-state index in [1.807, 2.05) is 36.4 Å². The van der Waals surface area contributed by atoms with Crippen molar-refractivity contribution < 1.29 is 9.53 Å². The number of amides is 1. The van der Waals surface area contributed by atoms with Crippen LogP contribution in [0.5, 0.6) is 0 Å². The fraction of sp³-hybridized carbons (Fsp3) is 0.400. The Hall–Kier alpha value is -2.18. The fourth-order valence-corrected chi connectivity index (χ4v) is 4.17. The number of benzene rings is 2. The van der Waals surface area contributed by atoms with Crippen molar-refractivity contribution in [3.8, 4) is 0 Å². The smallest absolute Gasteiger partial charge is 0.237 e.